The number of pyridine rings is 3. The lowest BCUT2D eigenvalue weighted by Gasteiger charge is -2.27. The first-order chi connectivity index (χ1) is 14.8. The van der Waals surface area contributed by atoms with Gasteiger partial charge in [-0.3, -0.25) is 4.98 Å². The minimum absolute atomic E-state index is 0.140. The number of hydrogen-bond acceptors (Lipinski definition) is 6. The zero-order valence-electron chi connectivity index (χ0n) is 16.2. The van der Waals surface area contributed by atoms with Gasteiger partial charge in [0.1, 0.15) is 5.82 Å². The number of aromatic nitrogens is 3. The Balaban J connectivity index is 1.96. The van der Waals surface area contributed by atoms with Crippen LogP contribution in [0.15, 0.2) is 101 Å². The monoisotopic (exact) mass is 395 g/mol. The van der Waals surface area contributed by atoms with Crippen LogP contribution in [0.3, 0.4) is 0 Å². The summed E-state index contributed by atoms with van der Waals surface area (Å²) in [7, 11) is 0. The Morgan fingerprint density at radius 1 is 0.667 bits per heavy atom. The molecule has 0 saturated carbocycles. The van der Waals surface area contributed by atoms with Crippen LogP contribution >= 0.6 is 0 Å². The molecule has 30 heavy (non-hydrogen) atoms. The number of hydrogen-bond donors (Lipinski definition) is 2. The third-order valence-corrected chi connectivity index (χ3v) is 4.84. The molecule has 0 aliphatic rings. The molecule has 2 atom stereocenters. The maximum atomic E-state index is 6.03. The van der Waals surface area contributed by atoms with E-state index in [1.54, 1.807) is 18.3 Å². The molecular weight excluding hydrogens is 374 g/mol. The highest BCUT2D eigenvalue weighted by atomic mass is 15.3. The summed E-state index contributed by atoms with van der Waals surface area (Å²) < 4.78 is 0. The first-order valence-corrected chi connectivity index (χ1v) is 9.52. The Morgan fingerprint density at radius 2 is 1.37 bits per heavy atom. The van der Waals surface area contributed by atoms with Gasteiger partial charge in [0, 0.05) is 17.8 Å². The van der Waals surface area contributed by atoms with Crippen molar-refractivity contribution in [3.05, 3.63) is 114 Å². The number of nitrogens with two attached hydrogens (primary N) is 2. The predicted molar refractivity (Wildman–Crippen MR) is 116 cm³/mol. The van der Waals surface area contributed by atoms with Crippen molar-refractivity contribution in [2.24, 2.45) is 16.2 Å². The summed E-state index contributed by atoms with van der Waals surface area (Å²) in [5.41, 5.74) is 9.61. The summed E-state index contributed by atoms with van der Waals surface area (Å²) >= 11 is 0. The van der Waals surface area contributed by atoms with E-state index in [0.29, 0.717) is 11.6 Å². The van der Waals surface area contributed by atoms with Crippen LogP contribution in [0.5, 0.6) is 0 Å². The molecule has 4 aromatic rings. The molecule has 0 amide bonds. The number of rotatable bonds is 6. The SMILES string of the molecule is NN=Nc1cccc(C(c2cccc(N)n2)C(c2ccccc2)c2ccccn2)n1. The van der Waals surface area contributed by atoms with Gasteiger partial charge in [-0.05, 0) is 42.0 Å². The number of benzene rings is 1. The molecule has 3 heterocycles. The highest BCUT2D eigenvalue weighted by molar-refractivity contribution is 5.42. The molecule has 7 nitrogen and oxygen atoms in total. The summed E-state index contributed by atoms with van der Waals surface area (Å²) in [6.07, 6.45) is 1.79. The molecule has 0 saturated heterocycles. The van der Waals surface area contributed by atoms with E-state index in [1.165, 1.54) is 0 Å². The van der Waals surface area contributed by atoms with E-state index in [2.05, 4.69) is 32.4 Å². The average molecular weight is 395 g/mol. The van der Waals surface area contributed by atoms with Gasteiger partial charge < -0.3 is 11.6 Å². The van der Waals surface area contributed by atoms with Gasteiger partial charge in [-0.25, -0.2) is 9.97 Å². The summed E-state index contributed by atoms with van der Waals surface area (Å²) in [4.78, 5) is 14.0. The summed E-state index contributed by atoms with van der Waals surface area (Å²) in [6, 6.07) is 27.3. The van der Waals surface area contributed by atoms with E-state index >= 15 is 0 Å². The Morgan fingerprint density at radius 3 is 2.07 bits per heavy atom. The van der Waals surface area contributed by atoms with Crippen molar-refractivity contribution in [3.63, 3.8) is 0 Å². The largest absolute Gasteiger partial charge is 0.384 e. The predicted octanol–water partition coefficient (Wildman–Crippen LogP) is 4.38. The van der Waals surface area contributed by atoms with Crippen LogP contribution in [0.1, 0.15) is 34.5 Å². The van der Waals surface area contributed by atoms with Crippen molar-refractivity contribution in [2.75, 3.05) is 5.73 Å². The molecule has 0 radical (unpaired) electrons. The van der Waals surface area contributed by atoms with Crippen molar-refractivity contribution in [3.8, 4) is 0 Å². The van der Waals surface area contributed by atoms with E-state index in [4.69, 9.17) is 16.6 Å². The number of anilines is 1. The lowest BCUT2D eigenvalue weighted by Crippen LogP contribution is -2.18. The third-order valence-electron chi connectivity index (χ3n) is 4.84. The summed E-state index contributed by atoms with van der Waals surface area (Å²) in [5.74, 6) is 5.72. The molecule has 0 fully saturated rings. The standard InChI is InChI=1S/C23H21N7/c24-20-13-6-11-18(27-20)23(19-12-7-14-21(28-19)29-30-25)22(16-8-2-1-3-9-16)17-10-4-5-15-26-17/h1-15,22-23H,(H2,24,27)(H2,25,28,29). The van der Waals surface area contributed by atoms with Crippen LogP contribution in [0.25, 0.3) is 0 Å². The Kier molecular flexibility index (Phi) is 5.70. The number of nitrogens with zero attached hydrogens (tertiary/aromatic N) is 5. The lowest BCUT2D eigenvalue weighted by atomic mass is 9.79. The Hall–Kier alpha value is -4.13. The molecule has 7 heteroatoms. The third kappa shape index (κ3) is 4.15. The van der Waals surface area contributed by atoms with Gasteiger partial charge in [0.05, 0.1) is 17.3 Å². The Labute approximate surface area is 174 Å². The van der Waals surface area contributed by atoms with Crippen molar-refractivity contribution in [1.29, 1.82) is 0 Å². The summed E-state index contributed by atoms with van der Waals surface area (Å²) in [6.45, 7) is 0. The molecule has 0 aliphatic heterocycles. The molecule has 4 rings (SSSR count). The minimum atomic E-state index is -0.251. The maximum Gasteiger partial charge on any atom is 0.176 e. The zero-order valence-corrected chi connectivity index (χ0v) is 16.2. The van der Waals surface area contributed by atoms with Crippen molar-refractivity contribution in [2.45, 2.75) is 11.8 Å². The highest BCUT2D eigenvalue weighted by Crippen LogP contribution is 2.41. The Bertz CT molecular complexity index is 1090. The van der Waals surface area contributed by atoms with Gasteiger partial charge in [0.2, 0.25) is 0 Å². The first-order valence-electron chi connectivity index (χ1n) is 9.52. The molecule has 1 aromatic carbocycles. The van der Waals surface area contributed by atoms with Crippen LogP contribution in [0.4, 0.5) is 11.6 Å². The van der Waals surface area contributed by atoms with Gasteiger partial charge in [-0.2, -0.15) is 0 Å². The molecule has 2 unspecified atom stereocenters. The topological polar surface area (TPSA) is 115 Å². The second-order valence-electron chi connectivity index (χ2n) is 6.74. The fraction of sp³-hybridized carbons (Fsp3) is 0.0870. The molecule has 148 valence electrons. The number of nitrogen functional groups attached to an aromatic ring is 1. The van der Waals surface area contributed by atoms with Crippen molar-refractivity contribution >= 4 is 11.6 Å². The second-order valence-corrected chi connectivity index (χ2v) is 6.74. The first kappa shape index (κ1) is 19.2. The molecule has 4 N–H and O–H groups in total. The van der Waals surface area contributed by atoms with Crippen LogP contribution in [0, 0.1) is 0 Å². The molecule has 0 spiro atoms. The van der Waals surface area contributed by atoms with E-state index in [0.717, 1.165) is 22.6 Å². The van der Waals surface area contributed by atoms with Gasteiger partial charge in [0.15, 0.2) is 5.82 Å². The van der Waals surface area contributed by atoms with Crippen LogP contribution < -0.4 is 11.6 Å². The molecule has 0 bridgehead atoms. The second kappa shape index (κ2) is 8.91. The minimum Gasteiger partial charge on any atom is -0.384 e. The fourth-order valence-electron chi connectivity index (χ4n) is 3.62. The molecule has 0 aliphatic carbocycles. The van der Waals surface area contributed by atoms with Gasteiger partial charge in [-0.1, -0.05) is 53.8 Å². The fourth-order valence-corrected chi connectivity index (χ4v) is 3.62. The smallest absolute Gasteiger partial charge is 0.176 e. The van der Waals surface area contributed by atoms with Gasteiger partial charge in [0.25, 0.3) is 0 Å². The van der Waals surface area contributed by atoms with E-state index in [-0.39, 0.29) is 11.8 Å². The van der Waals surface area contributed by atoms with Crippen molar-refractivity contribution in [1.82, 2.24) is 15.0 Å². The summed E-state index contributed by atoms with van der Waals surface area (Å²) in [5, 5.41) is 7.27. The lowest BCUT2D eigenvalue weighted by molar-refractivity contribution is 0.642. The van der Waals surface area contributed by atoms with E-state index in [1.807, 2.05) is 60.7 Å². The normalized spacial score (nSPS) is 13.2. The average Bonchev–Trinajstić information content (AvgIpc) is 2.79. The van der Waals surface area contributed by atoms with Crippen LogP contribution in [0.2, 0.25) is 0 Å². The van der Waals surface area contributed by atoms with Crippen molar-refractivity contribution < 1.29 is 0 Å². The quantitative estimate of drug-likeness (QED) is 0.286. The maximum absolute atomic E-state index is 6.03. The van der Waals surface area contributed by atoms with E-state index < -0.39 is 0 Å². The van der Waals surface area contributed by atoms with Gasteiger partial charge >= 0.3 is 0 Å². The molecule has 3 aromatic heterocycles. The highest BCUT2D eigenvalue weighted by Gasteiger charge is 2.31. The van der Waals surface area contributed by atoms with Crippen LogP contribution in [-0.4, -0.2) is 15.0 Å². The van der Waals surface area contributed by atoms with E-state index in [9.17, 15) is 0 Å². The van der Waals surface area contributed by atoms with Crippen LogP contribution in [-0.2, 0) is 0 Å². The van der Waals surface area contributed by atoms with Gasteiger partial charge in [-0.15, -0.1) is 5.11 Å². The molecular formula is C23H21N7. The zero-order chi connectivity index (χ0) is 20.8.